The zero-order valence-electron chi connectivity index (χ0n) is 15.4. The van der Waals surface area contributed by atoms with Crippen molar-refractivity contribution in [2.75, 3.05) is 32.8 Å². The van der Waals surface area contributed by atoms with E-state index in [0.717, 1.165) is 51.6 Å². The second kappa shape index (κ2) is 7.97. The van der Waals surface area contributed by atoms with Crippen LogP contribution in [0.1, 0.15) is 48.9 Å². The largest absolute Gasteiger partial charge is 0.489 e. The van der Waals surface area contributed by atoms with E-state index in [1.807, 2.05) is 4.90 Å². The van der Waals surface area contributed by atoms with Gasteiger partial charge in [0.2, 0.25) is 5.91 Å². The molecule has 1 aromatic carbocycles. The van der Waals surface area contributed by atoms with Gasteiger partial charge in [-0.05, 0) is 44.2 Å². The summed E-state index contributed by atoms with van der Waals surface area (Å²) >= 11 is 6.35. The fourth-order valence-corrected chi connectivity index (χ4v) is 4.36. The van der Waals surface area contributed by atoms with Gasteiger partial charge in [0.15, 0.2) is 11.5 Å². The number of carbonyl (C=O) groups is 2. The van der Waals surface area contributed by atoms with E-state index in [0.29, 0.717) is 41.8 Å². The van der Waals surface area contributed by atoms with Crippen LogP contribution in [0.5, 0.6) is 11.5 Å². The third-order valence-electron chi connectivity index (χ3n) is 5.52. The molecule has 146 valence electrons. The summed E-state index contributed by atoms with van der Waals surface area (Å²) in [5.74, 6) is 0.919. The van der Waals surface area contributed by atoms with Crippen molar-refractivity contribution >= 4 is 23.4 Å². The van der Waals surface area contributed by atoms with Gasteiger partial charge in [0, 0.05) is 31.6 Å². The Morgan fingerprint density at radius 3 is 2.52 bits per heavy atom. The molecule has 1 atom stereocenters. The molecule has 1 unspecified atom stereocenters. The summed E-state index contributed by atoms with van der Waals surface area (Å²) in [6.07, 6.45) is 5.46. The molecule has 1 aromatic rings. The molecule has 7 heteroatoms. The van der Waals surface area contributed by atoms with Gasteiger partial charge in [0.25, 0.3) is 5.91 Å². The van der Waals surface area contributed by atoms with Crippen molar-refractivity contribution in [2.24, 2.45) is 0 Å². The summed E-state index contributed by atoms with van der Waals surface area (Å²) in [7, 11) is 0. The highest BCUT2D eigenvalue weighted by atomic mass is 35.5. The molecule has 6 nitrogen and oxygen atoms in total. The molecule has 3 heterocycles. The van der Waals surface area contributed by atoms with Gasteiger partial charge in [-0.15, -0.1) is 0 Å². The van der Waals surface area contributed by atoms with Crippen molar-refractivity contribution in [3.05, 3.63) is 22.7 Å². The van der Waals surface area contributed by atoms with Crippen molar-refractivity contribution in [3.8, 4) is 11.5 Å². The third kappa shape index (κ3) is 3.72. The van der Waals surface area contributed by atoms with Crippen molar-refractivity contribution in [1.82, 2.24) is 9.80 Å². The summed E-state index contributed by atoms with van der Waals surface area (Å²) in [4.78, 5) is 29.8. The highest BCUT2D eigenvalue weighted by Crippen LogP contribution is 2.38. The van der Waals surface area contributed by atoms with Gasteiger partial charge in [0.05, 0.1) is 18.2 Å². The molecule has 27 heavy (non-hydrogen) atoms. The number of rotatable bonds is 2. The zero-order valence-corrected chi connectivity index (χ0v) is 16.2. The second-order valence-electron chi connectivity index (χ2n) is 7.38. The lowest BCUT2D eigenvalue weighted by atomic mass is 9.99. The van der Waals surface area contributed by atoms with Crippen molar-refractivity contribution in [2.45, 2.75) is 44.6 Å². The molecule has 0 spiro atoms. The fourth-order valence-electron chi connectivity index (χ4n) is 4.10. The maximum Gasteiger partial charge on any atom is 0.254 e. The maximum absolute atomic E-state index is 13.3. The van der Waals surface area contributed by atoms with Crippen LogP contribution in [0.4, 0.5) is 0 Å². The minimum atomic E-state index is -0.376. The number of nitrogens with zero attached hydrogens (tertiary/aromatic N) is 2. The van der Waals surface area contributed by atoms with Crippen molar-refractivity contribution < 1.29 is 19.1 Å². The summed E-state index contributed by atoms with van der Waals surface area (Å²) < 4.78 is 11.4. The molecule has 4 rings (SSSR count). The highest BCUT2D eigenvalue weighted by Gasteiger charge is 2.36. The Morgan fingerprint density at radius 1 is 0.963 bits per heavy atom. The highest BCUT2D eigenvalue weighted by molar-refractivity contribution is 6.32. The van der Waals surface area contributed by atoms with Gasteiger partial charge in [0.1, 0.15) is 6.04 Å². The number of piperidine rings is 1. The maximum atomic E-state index is 13.3. The number of ether oxygens (including phenoxy) is 2. The van der Waals surface area contributed by atoms with E-state index in [2.05, 4.69) is 0 Å². The zero-order chi connectivity index (χ0) is 18.8. The topological polar surface area (TPSA) is 59.1 Å². The first-order valence-electron chi connectivity index (χ1n) is 9.84. The first-order chi connectivity index (χ1) is 13.1. The van der Waals surface area contributed by atoms with Gasteiger partial charge in [-0.25, -0.2) is 0 Å². The van der Waals surface area contributed by atoms with E-state index in [1.54, 1.807) is 17.0 Å². The lowest BCUT2D eigenvalue weighted by Crippen LogP contribution is -2.52. The normalized spacial score (nSPS) is 22.5. The lowest BCUT2D eigenvalue weighted by Gasteiger charge is -2.37. The van der Waals surface area contributed by atoms with Gasteiger partial charge in [-0.1, -0.05) is 11.6 Å². The van der Waals surface area contributed by atoms with E-state index in [1.165, 1.54) is 0 Å². The Balaban J connectivity index is 1.59. The molecule has 0 aliphatic carbocycles. The molecule has 3 aliphatic heterocycles. The molecule has 2 fully saturated rings. The number of fused-ring (bicyclic) bond motifs is 1. The SMILES string of the molecule is O=C(C1CCCCN1C(=O)c1cc(Cl)c2c(c1)OCCCO2)N1CCCC1. The molecule has 0 saturated carbocycles. The van der Waals surface area contributed by atoms with Crippen molar-refractivity contribution in [1.29, 1.82) is 0 Å². The molecule has 3 aliphatic rings. The van der Waals surface area contributed by atoms with E-state index < -0.39 is 0 Å². The number of halogens is 1. The predicted octanol–water partition coefficient (Wildman–Crippen LogP) is 3.12. The second-order valence-corrected chi connectivity index (χ2v) is 7.79. The van der Waals surface area contributed by atoms with E-state index in [4.69, 9.17) is 21.1 Å². The number of amides is 2. The molecular weight excluding hydrogens is 368 g/mol. The first-order valence-corrected chi connectivity index (χ1v) is 10.2. The fraction of sp³-hybridized carbons (Fsp3) is 0.600. The number of carbonyl (C=O) groups excluding carboxylic acids is 2. The standard InChI is InChI=1S/C20H25ClN2O4/c21-15-12-14(13-17-18(15)27-11-5-10-26-17)19(24)23-9-2-1-6-16(23)20(25)22-7-3-4-8-22/h12-13,16H,1-11H2. The van der Waals surface area contributed by atoms with Crippen LogP contribution < -0.4 is 9.47 Å². The van der Waals surface area contributed by atoms with Crippen LogP contribution >= 0.6 is 11.6 Å². The van der Waals surface area contributed by atoms with Crippen LogP contribution in [0.3, 0.4) is 0 Å². The van der Waals surface area contributed by atoms with E-state index in [-0.39, 0.29) is 17.9 Å². The van der Waals surface area contributed by atoms with Gasteiger partial charge < -0.3 is 19.3 Å². The molecular formula is C20H25ClN2O4. The van der Waals surface area contributed by atoms with E-state index in [9.17, 15) is 9.59 Å². The number of hydrogen-bond donors (Lipinski definition) is 0. The summed E-state index contributed by atoms with van der Waals surface area (Å²) in [6, 6.07) is 2.95. The number of benzene rings is 1. The predicted molar refractivity (Wildman–Crippen MR) is 102 cm³/mol. The summed E-state index contributed by atoms with van der Waals surface area (Å²) in [5.41, 5.74) is 0.449. The number of likely N-dealkylation sites (tertiary alicyclic amines) is 2. The molecule has 0 radical (unpaired) electrons. The quantitative estimate of drug-likeness (QED) is 0.775. The van der Waals surface area contributed by atoms with Crippen LogP contribution in [0.25, 0.3) is 0 Å². The average molecular weight is 393 g/mol. The van der Waals surface area contributed by atoms with Crippen LogP contribution in [0.2, 0.25) is 5.02 Å². The summed E-state index contributed by atoms with van der Waals surface area (Å²) in [5, 5.41) is 0.372. The minimum absolute atomic E-state index is 0.0843. The Labute approximate surface area is 164 Å². The lowest BCUT2D eigenvalue weighted by molar-refractivity contribution is -0.136. The molecule has 2 amide bonds. The minimum Gasteiger partial charge on any atom is -0.489 e. The van der Waals surface area contributed by atoms with Crippen LogP contribution in [-0.4, -0.2) is 60.5 Å². The Kier molecular flexibility index (Phi) is 5.43. The third-order valence-corrected chi connectivity index (χ3v) is 5.80. The number of hydrogen-bond acceptors (Lipinski definition) is 4. The molecule has 0 bridgehead atoms. The van der Waals surface area contributed by atoms with Gasteiger partial charge >= 0.3 is 0 Å². The molecule has 2 saturated heterocycles. The molecule has 0 N–H and O–H groups in total. The van der Waals surface area contributed by atoms with Crippen LogP contribution in [0, 0.1) is 0 Å². The average Bonchev–Trinajstić information content (AvgIpc) is 3.12. The van der Waals surface area contributed by atoms with Crippen LogP contribution in [0.15, 0.2) is 12.1 Å². The smallest absolute Gasteiger partial charge is 0.254 e. The Bertz CT molecular complexity index is 733. The molecule has 0 aromatic heterocycles. The van der Waals surface area contributed by atoms with Crippen LogP contribution in [-0.2, 0) is 4.79 Å². The van der Waals surface area contributed by atoms with Gasteiger partial charge in [-0.3, -0.25) is 9.59 Å². The van der Waals surface area contributed by atoms with Crippen molar-refractivity contribution in [3.63, 3.8) is 0 Å². The Morgan fingerprint density at radius 2 is 1.70 bits per heavy atom. The monoisotopic (exact) mass is 392 g/mol. The first kappa shape index (κ1) is 18.4. The summed E-state index contributed by atoms with van der Waals surface area (Å²) in [6.45, 7) is 3.26. The van der Waals surface area contributed by atoms with E-state index >= 15 is 0 Å². The Hall–Kier alpha value is -1.95. The van der Waals surface area contributed by atoms with Gasteiger partial charge in [-0.2, -0.15) is 0 Å².